The van der Waals surface area contributed by atoms with Crippen molar-refractivity contribution in [3.8, 4) is 0 Å². The van der Waals surface area contributed by atoms with Gasteiger partial charge >= 0.3 is 0 Å². The minimum atomic E-state index is -0.439. The third kappa shape index (κ3) is 2.22. The Morgan fingerprint density at radius 3 is 2.81 bits per heavy atom. The zero-order valence-corrected chi connectivity index (χ0v) is 9.73. The highest BCUT2D eigenvalue weighted by Crippen LogP contribution is 2.14. The molecule has 4 heteroatoms. The van der Waals surface area contributed by atoms with Crippen molar-refractivity contribution in [2.24, 2.45) is 0 Å². The summed E-state index contributed by atoms with van der Waals surface area (Å²) < 4.78 is 0. The zero-order chi connectivity index (χ0) is 11.6. The molecule has 1 amide bonds. The molecule has 1 aromatic rings. The molecule has 0 aliphatic carbocycles. The van der Waals surface area contributed by atoms with E-state index in [0.29, 0.717) is 6.54 Å². The Morgan fingerprint density at radius 1 is 1.44 bits per heavy atom. The summed E-state index contributed by atoms with van der Waals surface area (Å²) in [6.07, 6.45) is 3.51. The molecule has 0 spiro atoms. The van der Waals surface area contributed by atoms with Gasteiger partial charge in [-0.1, -0.05) is 0 Å². The fraction of sp³-hybridized carbons (Fsp3) is 0.500. The normalized spacial score (nSPS) is 19.9. The maximum Gasteiger partial charge on any atom is 0.242 e. The average molecular weight is 219 g/mol. The number of pyridine rings is 1. The number of amides is 1. The largest absolute Gasteiger partial charge is 0.336 e. The van der Waals surface area contributed by atoms with Crippen LogP contribution in [-0.2, 0) is 11.3 Å². The summed E-state index contributed by atoms with van der Waals surface area (Å²) >= 11 is 0. The summed E-state index contributed by atoms with van der Waals surface area (Å²) in [5.74, 6) is 0.163. The highest BCUT2D eigenvalue weighted by molar-refractivity contribution is 5.86. The Balaban J connectivity index is 2.08. The molecular weight excluding hydrogens is 202 g/mol. The number of hydrogen-bond donors (Lipinski definition) is 1. The molecule has 0 atom stereocenters. The average Bonchev–Trinajstić information content (AvgIpc) is 2.26. The van der Waals surface area contributed by atoms with Gasteiger partial charge in [-0.3, -0.25) is 9.78 Å². The first kappa shape index (κ1) is 11.1. The predicted octanol–water partition coefficient (Wildman–Crippen LogP) is 0.792. The van der Waals surface area contributed by atoms with E-state index in [1.165, 1.54) is 0 Å². The topological polar surface area (TPSA) is 45.2 Å². The standard InChI is InChI=1S/C12H17N3O/c1-12(2)11(16)15(8-7-14-12)9-10-3-5-13-6-4-10/h3-6,14H,7-9H2,1-2H3. The molecule has 16 heavy (non-hydrogen) atoms. The van der Waals surface area contributed by atoms with E-state index in [1.54, 1.807) is 12.4 Å². The molecule has 2 heterocycles. The fourth-order valence-corrected chi connectivity index (χ4v) is 1.94. The van der Waals surface area contributed by atoms with E-state index in [9.17, 15) is 4.79 Å². The van der Waals surface area contributed by atoms with Gasteiger partial charge in [-0.2, -0.15) is 0 Å². The van der Waals surface area contributed by atoms with E-state index in [2.05, 4.69) is 10.3 Å². The number of nitrogens with zero attached hydrogens (tertiary/aromatic N) is 2. The summed E-state index contributed by atoms with van der Waals surface area (Å²) in [5.41, 5.74) is 0.687. The van der Waals surface area contributed by atoms with Crippen molar-refractivity contribution >= 4 is 5.91 Å². The van der Waals surface area contributed by atoms with Crippen molar-refractivity contribution in [2.45, 2.75) is 25.9 Å². The van der Waals surface area contributed by atoms with Crippen LogP contribution in [-0.4, -0.2) is 34.4 Å². The van der Waals surface area contributed by atoms with Gasteiger partial charge in [0.1, 0.15) is 0 Å². The molecule has 0 aromatic carbocycles. The van der Waals surface area contributed by atoms with Gasteiger partial charge in [0.2, 0.25) is 5.91 Å². The second kappa shape index (κ2) is 4.22. The van der Waals surface area contributed by atoms with E-state index in [0.717, 1.165) is 18.7 Å². The fourth-order valence-electron chi connectivity index (χ4n) is 1.94. The van der Waals surface area contributed by atoms with Crippen LogP contribution in [0.4, 0.5) is 0 Å². The lowest BCUT2D eigenvalue weighted by Crippen LogP contribution is -2.60. The van der Waals surface area contributed by atoms with Gasteiger partial charge in [0, 0.05) is 32.0 Å². The van der Waals surface area contributed by atoms with Crippen molar-refractivity contribution in [3.05, 3.63) is 30.1 Å². The Hall–Kier alpha value is -1.42. The summed E-state index contributed by atoms with van der Waals surface area (Å²) in [5, 5.41) is 3.22. The van der Waals surface area contributed by atoms with Gasteiger partial charge < -0.3 is 10.2 Å². The number of rotatable bonds is 2. The van der Waals surface area contributed by atoms with Crippen molar-refractivity contribution < 1.29 is 4.79 Å². The lowest BCUT2D eigenvalue weighted by molar-refractivity contribution is -0.140. The van der Waals surface area contributed by atoms with Crippen molar-refractivity contribution in [1.82, 2.24) is 15.2 Å². The van der Waals surface area contributed by atoms with Crippen molar-refractivity contribution in [3.63, 3.8) is 0 Å². The molecule has 1 fully saturated rings. The summed E-state index contributed by atoms with van der Waals surface area (Å²) in [6, 6.07) is 3.89. The first-order valence-corrected chi connectivity index (χ1v) is 5.53. The lowest BCUT2D eigenvalue weighted by Gasteiger charge is -2.38. The van der Waals surface area contributed by atoms with Gasteiger partial charge in [-0.05, 0) is 31.5 Å². The van der Waals surface area contributed by atoms with E-state index < -0.39 is 5.54 Å². The van der Waals surface area contributed by atoms with Crippen molar-refractivity contribution in [1.29, 1.82) is 0 Å². The zero-order valence-electron chi connectivity index (χ0n) is 9.73. The van der Waals surface area contributed by atoms with Crippen LogP contribution in [0.5, 0.6) is 0 Å². The van der Waals surface area contributed by atoms with E-state index in [-0.39, 0.29) is 5.91 Å². The third-order valence-electron chi connectivity index (χ3n) is 2.89. The number of aromatic nitrogens is 1. The van der Waals surface area contributed by atoms with Crippen LogP contribution in [0.3, 0.4) is 0 Å². The predicted molar refractivity (Wildman–Crippen MR) is 61.7 cm³/mol. The van der Waals surface area contributed by atoms with E-state index in [4.69, 9.17) is 0 Å². The molecule has 0 unspecified atom stereocenters. The van der Waals surface area contributed by atoms with Crippen LogP contribution in [0.1, 0.15) is 19.4 Å². The molecule has 1 aromatic heterocycles. The maximum absolute atomic E-state index is 12.1. The summed E-state index contributed by atoms with van der Waals surface area (Å²) in [6.45, 7) is 6.14. The second-order valence-electron chi connectivity index (χ2n) is 4.63. The monoisotopic (exact) mass is 219 g/mol. The van der Waals surface area contributed by atoms with Gasteiger partial charge in [0.25, 0.3) is 0 Å². The quantitative estimate of drug-likeness (QED) is 0.800. The molecular formula is C12H17N3O. The minimum absolute atomic E-state index is 0.163. The van der Waals surface area contributed by atoms with E-state index >= 15 is 0 Å². The number of piperazine rings is 1. The molecule has 1 N–H and O–H groups in total. The lowest BCUT2D eigenvalue weighted by atomic mass is 10.0. The van der Waals surface area contributed by atoms with Crippen LogP contribution < -0.4 is 5.32 Å². The van der Waals surface area contributed by atoms with Gasteiger partial charge in [0.05, 0.1) is 5.54 Å². The molecule has 0 bridgehead atoms. The van der Waals surface area contributed by atoms with Crippen molar-refractivity contribution in [2.75, 3.05) is 13.1 Å². The molecule has 86 valence electrons. The molecule has 2 rings (SSSR count). The number of carbonyl (C=O) groups excluding carboxylic acids is 1. The molecule has 4 nitrogen and oxygen atoms in total. The highest BCUT2D eigenvalue weighted by atomic mass is 16.2. The second-order valence-corrected chi connectivity index (χ2v) is 4.63. The first-order valence-electron chi connectivity index (χ1n) is 5.53. The number of carbonyl (C=O) groups is 1. The van der Waals surface area contributed by atoms with Crippen LogP contribution in [0.2, 0.25) is 0 Å². The number of hydrogen-bond acceptors (Lipinski definition) is 3. The molecule has 1 aliphatic rings. The number of nitrogens with one attached hydrogen (secondary N) is 1. The molecule has 1 saturated heterocycles. The molecule has 0 radical (unpaired) electrons. The summed E-state index contributed by atoms with van der Waals surface area (Å²) in [4.78, 5) is 18.0. The Morgan fingerprint density at radius 2 is 2.12 bits per heavy atom. The van der Waals surface area contributed by atoms with Gasteiger partial charge in [-0.15, -0.1) is 0 Å². The first-order chi connectivity index (χ1) is 7.59. The highest BCUT2D eigenvalue weighted by Gasteiger charge is 2.34. The molecule has 0 saturated carbocycles. The minimum Gasteiger partial charge on any atom is -0.336 e. The maximum atomic E-state index is 12.1. The Bertz CT molecular complexity index is 375. The van der Waals surface area contributed by atoms with E-state index in [1.807, 2.05) is 30.9 Å². The molecule has 1 aliphatic heterocycles. The van der Waals surface area contributed by atoms with Crippen LogP contribution in [0.15, 0.2) is 24.5 Å². The Labute approximate surface area is 95.7 Å². The van der Waals surface area contributed by atoms with Gasteiger partial charge in [0.15, 0.2) is 0 Å². The SMILES string of the molecule is CC1(C)NCCN(Cc2ccncc2)C1=O. The van der Waals surface area contributed by atoms with Crippen LogP contribution in [0.25, 0.3) is 0 Å². The van der Waals surface area contributed by atoms with Gasteiger partial charge in [-0.25, -0.2) is 0 Å². The van der Waals surface area contributed by atoms with Crippen LogP contribution >= 0.6 is 0 Å². The Kier molecular flexibility index (Phi) is 2.92. The smallest absolute Gasteiger partial charge is 0.242 e. The van der Waals surface area contributed by atoms with Crippen LogP contribution in [0, 0.1) is 0 Å². The third-order valence-corrected chi connectivity index (χ3v) is 2.89. The summed E-state index contributed by atoms with van der Waals surface area (Å²) in [7, 11) is 0.